The third-order valence-corrected chi connectivity index (χ3v) is 3.70. The van der Waals surface area contributed by atoms with Gasteiger partial charge in [-0.1, -0.05) is 12.1 Å². The van der Waals surface area contributed by atoms with Gasteiger partial charge in [-0.3, -0.25) is 4.90 Å². The first-order valence-electron chi connectivity index (χ1n) is 6.21. The number of nitrogens with one attached hydrogen (secondary N) is 1. The first-order valence-corrected chi connectivity index (χ1v) is 6.21. The van der Waals surface area contributed by atoms with E-state index < -0.39 is 0 Å². The predicted octanol–water partition coefficient (Wildman–Crippen LogP) is 1.89. The van der Waals surface area contributed by atoms with E-state index >= 15 is 0 Å². The molecular formula is C13H17N3O. The molecule has 1 aliphatic carbocycles. The Hall–Kier alpha value is -1.71. The maximum Gasteiger partial charge on any atom is 0.322 e. The average molecular weight is 231 g/mol. The standard InChI is InChI=1S/C13H17N3O/c14-11-6-1-3-9-7-8-16(12(9)11)13(17)15-10-4-2-5-10/h1,3,6,10H,2,4-5,7-8,14H2,(H,15,17). The zero-order chi connectivity index (χ0) is 11.8. The van der Waals surface area contributed by atoms with Crippen molar-refractivity contribution in [3.63, 3.8) is 0 Å². The van der Waals surface area contributed by atoms with Gasteiger partial charge < -0.3 is 11.1 Å². The van der Waals surface area contributed by atoms with Crippen LogP contribution >= 0.6 is 0 Å². The van der Waals surface area contributed by atoms with Crippen LogP contribution < -0.4 is 16.0 Å². The van der Waals surface area contributed by atoms with Crippen LogP contribution in [0.3, 0.4) is 0 Å². The van der Waals surface area contributed by atoms with Crippen molar-refractivity contribution < 1.29 is 4.79 Å². The predicted molar refractivity (Wildman–Crippen MR) is 68.1 cm³/mol. The average Bonchev–Trinajstić information content (AvgIpc) is 2.68. The van der Waals surface area contributed by atoms with Gasteiger partial charge in [0.05, 0.1) is 11.4 Å². The van der Waals surface area contributed by atoms with Gasteiger partial charge in [0.25, 0.3) is 0 Å². The second-order valence-electron chi connectivity index (χ2n) is 4.83. The third kappa shape index (κ3) is 1.73. The highest BCUT2D eigenvalue weighted by atomic mass is 16.2. The summed E-state index contributed by atoms with van der Waals surface area (Å²) in [6.07, 6.45) is 4.34. The van der Waals surface area contributed by atoms with Crippen LogP contribution in [0.5, 0.6) is 0 Å². The fourth-order valence-electron chi connectivity index (χ4n) is 2.49. The number of para-hydroxylation sites is 1. The van der Waals surface area contributed by atoms with Crippen LogP contribution in [0.4, 0.5) is 16.2 Å². The van der Waals surface area contributed by atoms with E-state index in [9.17, 15) is 4.79 Å². The Balaban J connectivity index is 1.80. The Morgan fingerprint density at radius 2 is 2.24 bits per heavy atom. The molecule has 1 saturated carbocycles. The van der Waals surface area contributed by atoms with Gasteiger partial charge in [-0.25, -0.2) is 4.79 Å². The zero-order valence-electron chi connectivity index (χ0n) is 9.78. The molecular weight excluding hydrogens is 214 g/mol. The molecule has 0 atom stereocenters. The van der Waals surface area contributed by atoms with Gasteiger partial charge >= 0.3 is 6.03 Å². The molecule has 0 saturated heterocycles. The first kappa shape index (κ1) is 10.4. The molecule has 17 heavy (non-hydrogen) atoms. The fourth-order valence-corrected chi connectivity index (χ4v) is 2.49. The highest BCUT2D eigenvalue weighted by molar-refractivity contribution is 5.97. The summed E-state index contributed by atoms with van der Waals surface area (Å²) in [6, 6.07) is 6.22. The number of carbonyl (C=O) groups excluding carboxylic acids is 1. The number of rotatable bonds is 1. The molecule has 4 heteroatoms. The number of nitrogen functional groups attached to an aromatic ring is 1. The fraction of sp³-hybridized carbons (Fsp3) is 0.462. The summed E-state index contributed by atoms with van der Waals surface area (Å²) in [6.45, 7) is 0.738. The Kier molecular flexibility index (Phi) is 2.42. The van der Waals surface area contributed by atoms with Crippen molar-refractivity contribution in [3.8, 4) is 0 Å². The number of amides is 2. The van der Waals surface area contributed by atoms with Crippen LogP contribution in [0, 0.1) is 0 Å². The van der Waals surface area contributed by atoms with Crippen molar-refractivity contribution >= 4 is 17.4 Å². The molecule has 1 aromatic carbocycles. The highest BCUT2D eigenvalue weighted by Gasteiger charge is 2.29. The summed E-state index contributed by atoms with van der Waals surface area (Å²) < 4.78 is 0. The minimum absolute atomic E-state index is 0.00588. The molecule has 3 rings (SSSR count). The van der Waals surface area contributed by atoms with Gasteiger partial charge in [0.2, 0.25) is 0 Å². The van der Waals surface area contributed by atoms with E-state index in [2.05, 4.69) is 5.32 Å². The lowest BCUT2D eigenvalue weighted by Crippen LogP contribution is -2.47. The zero-order valence-corrected chi connectivity index (χ0v) is 9.78. The third-order valence-electron chi connectivity index (χ3n) is 3.70. The van der Waals surface area contributed by atoms with Crippen molar-refractivity contribution in [2.75, 3.05) is 17.2 Å². The number of hydrogen-bond donors (Lipinski definition) is 2. The Morgan fingerprint density at radius 3 is 2.94 bits per heavy atom. The second-order valence-corrected chi connectivity index (χ2v) is 4.83. The number of hydrogen-bond acceptors (Lipinski definition) is 2. The van der Waals surface area contributed by atoms with Gasteiger partial charge in [0, 0.05) is 12.6 Å². The summed E-state index contributed by atoms with van der Waals surface area (Å²) >= 11 is 0. The number of carbonyl (C=O) groups is 1. The molecule has 3 N–H and O–H groups in total. The second kappa shape index (κ2) is 3.95. The smallest absolute Gasteiger partial charge is 0.322 e. The van der Waals surface area contributed by atoms with Crippen molar-refractivity contribution in [1.82, 2.24) is 5.32 Å². The molecule has 0 spiro atoms. The van der Waals surface area contributed by atoms with E-state index in [1.807, 2.05) is 18.2 Å². The molecule has 90 valence electrons. The van der Waals surface area contributed by atoms with Crippen molar-refractivity contribution in [3.05, 3.63) is 23.8 Å². The maximum atomic E-state index is 12.1. The molecule has 0 aromatic heterocycles. The Morgan fingerprint density at radius 1 is 1.41 bits per heavy atom. The Labute approximate surface area is 101 Å². The number of anilines is 2. The van der Waals surface area contributed by atoms with Gasteiger partial charge in [-0.05, 0) is 37.3 Å². The minimum atomic E-state index is 0.00588. The number of urea groups is 1. The van der Waals surface area contributed by atoms with Gasteiger partial charge in [-0.15, -0.1) is 0 Å². The number of fused-ring (bicyclic) bond motifs is 1. The monoisotopic (exact) mass is 231 g/mol. The summed E-state index contributed by atoms with van der Waals surface area (Å²) in [4.78, 5) is 13.9. The van der Waals surface area contributed by atoms with E-state index in [1.165, 1.54) is 12.0 Å². The van der Waals surface area contributed by atoms with E-state index in [0.29, 0.717) is 11.7 Å². The quantitative estimate of drug-likeness (QED) is 0.725. The summed E-state index contributed by atoms with van der Waals surface area (Å²) in [7, 11) is 0. The van der Waals surface area contributed by atoms with Crippen molar-refractivity contribution in [2.24, 2.45) is 0 Å². The topological polar surface area (TPSA) is 58.4 Å². The van der Waals surface area contributed by atoms with Crippen molar-refractivity contribution in [2.45, 2.75) is 31.7 Å². The lowest BCUT2D eigenvalue weighted by molar-refractivity contribution is 0.234. The first-order chi connectivity index (χ1) is 8.25. The molecule has 1 fully saturated rings. The van der Waals surface area contributed by atoms with E-state index in [4.69, 9.17) is 5.73 Å². The molecule has 2 aliphatic rings. The molecule has 0 unspecified atom stereocenters. The van der Waals surface area contributed by atoms with Crippen LogP contribution in [-0.4, -0.2) is 18.6 Å². The van der Waals surface area contributed by atoms with Crippen molar-refractivity contribution in [1.29, 1.82) is 0 Å². The van der Waals surface area contributed by atoms with Crippen LogP contribution in [-0.2, 0) is 6.42 Å². The van der Waals surface area contributed by atoms with Crippen LogP contribution in [0.1, 0.15) is 24.8 Å². The normalized spacial score (nSPS) is 18.7. The van der Waals surface area contributed by atoms with E-state index in [1.54, 1.807) is 4.90 Å². The summed E-state index contributed by atoms with van der Waals surface area (Å²) in [5.41, 5.74) is 8.74. The molecule has 2 amide bonds. The maximum absolute atomic E-state index is 12.1. The lowest BCUT2D eigenvalue weighted by atomic mass is 9.93. The van der Waals surface area contributed by atoms with Crippen LogP contribution in [0.25, 0.3) is 0 Å². The minimum Gasteiger partial charge on any atom is -0.397 e. The number of benzene rings is 1. The molecule has 4 nitrogen and oxygen atoms in total. The summed E-state index contributed by atoms with van der Waals surface area (Å²) in [5, 5.41) is 3.06. The lowest BCUT2D eigenvalue weighted by Gasteiger charge is -2.29. The van der Waals surface area contributed by atoms with Gasteiger partial charge in [-0.2, -0.15) is 0 Å². The van der Waals surface area contributed by atoms with E-state index in [0.717, 1.165) is 31.5 Å². The Bertz CT molecular complexity index is 454. The molecule has 1 heterocycles. The van der Waals surface area contributed by atoms with E-state index in [-0.39, 0.29) is 6.03 Å². The largest absolute Gasteiger partial charge is 0.397 e. The molecule has 1 aromatic rings. The molecule has 0 bridgehead atoms. The molecule has 0 radical (unpaired) electrons. The molecule has 1 aliphatic heterocycles. The highest BCUT2D eigenvalue weighted by Crippen LogP contribution is 2.33. The number of nitrogens with zero attached hydrogens (tertiary/aromatic N) is 1. The SMILES string of the molecule is Nc1cccc2c1N(C(=O)NC1CCC1)CC2. The van der Waals surface area contributed by atoms with Crippen LogP contribution in [0.2, 0.25) is 0 Å². The van der Waals surface area contributed by atoms with Crippen LogP contribution in [0.15, 0.2) is 18.2 Å². The number of nitrogens with two attached hydrogens (primary N) is 1. The van der Waals surface area contributed by atoms with Gasteiger partial charge in [0.15, 0.2) is 0 Å². The van der Waals surface area contributed by atoms with Gasteiger partial charge in [0.1, 0.15) is 0 Å². The summed E-state index contributed by atoms with van der Waals surface area (Å²) in [5.74, 6) is 0.